The van der Waals surface area contributed by atoms with Gasteiger partial charge in [0.25, 0.3) is 0 Å². The van der Waals surface area contributed by atoms with Crippen LogP contribution in [0.3, 0.4) is 0 Å². The maximum absolute atomic E-state index is 14.2. The van der Waals surface area contributed by atoms with E-state index in [-0.39, 0.29) is 16.1 Å². The molecule has 0 heterocycles. The van der Waals surface area contributed by atoms with Crippen molar-refractivity contribution in [3.8, 4) is 11.8 Å². The molecular formula is C25H23ClF3NO2. The molecule has 168 valence electrons. The monoisotopic (exact) mass is 461 g/mol. The smallest absolute Gasteiger partial charge is 0.417 e. The number of alkyl halides is 3. The third-order valence-electron chi connectivity index (χ3n) is 5.74. The zero-order chi connectivity index (χ0) is 23.7. The van der Waals surface area contributed by atoms with Crippen LogP contribution in [0.4, 0.5) is 13.2 Å². The first-order valence-corrected chi connectivity index (χ1v) is 10.3. The Morgan fingerprint density at radius 3 is 2.34 bits per heavy atom. The van der Waals surface area contributed by atoms with Gasteiger partial charge in [0.1, 0.15) is 5.75 Å². The topological polar surface area (TPSA) is 53.2 Å². The van der Waals surface area contributed by atoms with E-state index < -0.39 is 30.0 Å². The predicted octanol–water partition coefficient (Wildman–Crippen LogP) is 6.58. The first-order chi connectivity index (χ1) is 14.9. The van der Waals surface area contributed by atoms with Crippen LogP contribution in [0.25, 0.3) is 10.8 Å². The third kappa shape index (κ3) is 4.55. The van der Waals surface area contributed by atoms with E-state index in [2.05, 4.69) is 0 Å². The van der Waals surface area contributed by atoms with E-state index in [0.29, 0.717) is 11.3 Å². The van der Waals surface area contributed by atoms with Crippen LogP contribution in [0.1, 0.15) is 37.0 Å². The maximum Gasteiger partial charge on any atom is 0.417 e. The van der Waals surface area contributed by atoms with Crippen molar-refractivity contribution < 1.29 is 23.0 Å². The van der Waals surface area contributed by atoms with Gasteiger partial charge in [0, 0.05) is 22.4 Å². The summed E-state index contributed by atoms with van der Waals surface area (Å²) in [7, 11) is 1.48. The summed E-state index contributed by atoms with van der Waals surface area (Å²) in [6, 6.07) is 16.9. The van der Waals surface area contributed by atoms with Crippen LogP contribution in [0, 0.1) is 11.3 Å². The molecule has 32 heavy (non-hydrogen) atoms. The highest BCUT2D eigenvalue weighted by Crippen LogP contribution is 2.46. The molecule has 3 aromatic rings. The maximum atomic E-state index is 14.2. The minimum Gasteiger partial charge on any atom is -0.496 e. The summed E-state index contributed by atoms with van der Waals surface area (Å²) in [5.41, 5.74) is -3.24. The summed E-state index contributed by atoms with van der Waals surface area (Å²) in [6.07, 6.45) is -6.26. The summed E-state index contributed by atoms with van der Waals surface area (Å²) >= 11 is 6.12. The standard InChI is InChI=1S/C25H23ClF3NO2/c1-23(2,20-11-10-17-6-4-5-7-19(17)22(20)32-3)15-24(31,25(27,28)29)13-18-9-8-16(14-30)12-21(18)26/h4-12,31H,13,15H2,1-3H3. The van der Waals surface area contributed by atoms with Crippen molar-refractivity contribution in [1.82, 2.24) is 0 Å². The molecule has 0 aliphatic rings. The van der Waals surface area contributed by atoms with Gasteiger partial charge in [-0.2, -0.15) is 18.4 Å². The van der Waals surface area contributed by atoms with Crippen LogP contribution in [0.15, 0.2) is 54.6 Å². The highest BCUT2D eigenvalue weighted by Gasteiger charge is 2.56. The third-order valence-corrected chi connectivity index (χ3v) is 6.09. The first-order valence-electron chi connectivity index (χ1n) is 9.96. The summed E-state index contributed by atoms with van der Waals surface area (Å²) in [5, 5.41) is 21.6. The molecule has 0 aromatic heterocycles. The molecule has 0 aliphatic carbocycles. The minimum atomic E-state index is -4.91. The van der Waals surface area contributed by atoms with Crippen molar-refractivity contribution >= 4 is 22.4 Å². The summed E-state index contributed by atoms with van der Waals surface area (Å²) < 4.78 is 48.1. The van der Waals surface area contributed by atoms with Crippen LogP contribution < -0.4 is 4.74 Å². The van der Waals surface area contributed by atoms with Crippen molar-refractivity contribution in [2.75, 3.05) is 7.11 Å². The predicted molar refractivity (Wildman–Crippen MR) is 119 cm³/mol. The Labute approximate surface area is 190 Å². The Morgan fingerprint density at radius 1 is 1.06 bits per heavy atom. The Balaban J connectivity index is 2.05. The van der Waals surface area contributed by atoms with Gasteiger partial charge in [-0.15, -0.1) is 0 Å². The first kappa shape index (κ1) is 23.9. The highest BCUT2D eigenvalue weighted by atomic mass is 35.5. The molecule has 7 heteroatoms. The second kappa shape index (κ2) is 8.65. The normalized spacial score (nSPS) is 14.1. The van der Waals surface area contributed by atoms with E-state index in [9.17, 15) is 18.3 Å². The molecule has 1 N–H and O–H groups in total. The minimum absolute atomic E-state index is 0.00724. The van der Waals surface area contributed by atoms with Gasteiger partial charge in [0.2, 0.25) is 0 Å². The number of aliphatic hydroxyl groups is 1. The molecule has 0 saturated heterocycles. The molecule has 0 radical (unpaired) electrons. The quantitative estimate of drug-likeness (QED) is 0.451. The van der Waals surface area contributed by atoms with Gasteiger partial charge in [-0.05, 0) is 34.9 Å². The largest absolute Gasteiger partial charge is 0.496 e. The van der Waals surface area contributed by atoms with E-state index in [1.54, 1.807) is 19.9 Å². The number of fused-ring (bicyclic) bond motifs is 1. The van der Waals surface area contributed by atoms with Crippen molar-refractivity contribution in [2.45, 2.75) is 43.9 Å². The molecule has 0 amide bonds. The van der Waals surface area contributed by atoms with Crippen LogP contribution in [0.2, 0.25) is 5.02 Å². The number of rotatable bonds is 6. The lowest BCUT2D eigenvalue weighted by Crippen LogP contribution is -2.50. The van der Waals surface area contributed by atoms with E-state index in [1.807, 2.05) is 36.4 Å². The van der Waals surface area contributed by atoms with Crippen LogP contribution >= 0.6 is 11.6 Å². The molecule has 0 spiro atoms. The van der Waals surface area contributed by atoms with Gasteiger partial charge < -0.3 is 9.84 Å². The molecule has 3 rings (SSSR count). The van der Waals surface area contributed by atoms with E-state index >= 15 is 0 Å². The number of halogens is 4. The van der Waals surface area contributed by atoms with E-state index in [1.165, 1.54) is 25.3 Å². The number of hydrogen-bond acceptors (Lipinski definition) is 3. The Bertz CT molecular complexity index is 1180. The van der Waals surface area contributed by atoms with E-state index in [0.717, 1.165) is 10.8 Å². The molecule has 1 unspecified atom stereocenters. The average Bonchev–Trinajstić information content (AvgIpc) is 2.73. The average molecular weight is 462 g/mol. The lowest BCUT2D eigenvalue weighted by Gasteiger charge is -2.39. The lowest BCUT2D eigenvalue weighted by atomic mass is 9.72. The Kier molecular flexibility index (Phi) is 6.46. The molecule has 0 aliphatic heterocycles. The SMILES string of the molecule is COc1c(C(C)(C)CC(O)(Cc2ccc(C#N)cc2Cl)C(F)(F)F)ccc2ccccc12. The van der Waals surface area contributed by atoms with Crippen molar-refractivity contribution in [2.24, 2.45) is 0 Å². The van der Waals surface area contributed by atoms with Gasteiger partial charge in [-0.25, -0.2) is 0 Å². The number of nitrogens with zero attached hydrogens (tertiary/aromatic N) is 1. The number of ether oxygens (including phenoxy) is 1. The molecule has 3 nitrogen and oxygen atoms in total. The molecule has 3 aromatic carbocycles. The fourth-order valence-corrected chi connectivity index (χ4v) is 4.41. The fourth-order valence-electron chi connectivity index (χ4n) is 4.16. The zero-order valence-corrected chi connectivity index (χ0v) is 18.7. The Morgan fingerprint density at radius 2 is 1.75 bits per heavy atom. The second-order valence-electron chi connectivity index (χ2n) is 8.55. The molecular weight excluding hydrogens is 439 g/mol. The van der Waals surface area contributed by atoms with Gasteiger partial charge in [0.15, 0.2) is 5.60 Å². The van der Waals surface area contributed by atoms with Gasteiger partial charge in [0.05, 0.1) is 18.7 Å². The highest BCUT2D eigenvalue weighted by molar-refractivity contribution is 6.31. The van der Waals surface area contributed by atoms with Gasteiger partial charge in [-0.3, -0.25) is 0 Å². The van der Waals surface area contributed by atoms with Crippen molar-refractivity contribution in [1.29, 1.82) is 5.26 Å². The molecule has 0 saturated carbocycles. The van der Waals surface area contributed by atoms with Gasteiger partial charge >= 0.3 is 6.18 Å². The van der Waals surface area contributed by atoms with Crippen molar-refractivity contribution in [3.05, 3.63) is 76.3 Å². The summed E-state index contributed by atoms with van der Waals surface area (Å²) in [4.78, 5) is 0. The number of methoxy groups -OCH3 is 1. The fraction of sp³-hybridized carbons (Fsp3) is 0.320. The number of hydrogen-bond donors (Lipinski definition) is 1. The van der Waals surface area contributed by atoms with Crippen molar-refractivity contribution in [3.63, 3.8) is 0 Å². The number of benzene rings is 3. The Hall–Kier alpha value is -2.75. The van der Waals surface area contributed by atoms with Crippen LogP contribution in [-0.4, -0.2) is 24.0 Å². The van der Waals surface area contributed by atoms with Crippen LogP contribution in [0.5, 0.6) is 5.75 Å². The second-order valence-corrected chi connectivity index (χ2v) is 8.96. The van der Waals surface area contributed by atoms with Gasteiger partial charge in [-0.1, -0.05) is 67.9 Å². The van der Waals surface area contributed by atoms with Crippen LogP contribution in [-0.2, 0) is 11.8 Å². The number of nitriles is 1. The summed E-state index contributed by atoms with van der Waals surface area (Å²) in [6.45, 7) is 3.30. The molecule has 0 bridgehead atoms. The molecule has 0 fully saturated rings. The lowest BCUT2D eigenvalue weighted by molar-refractivity contribution is -0.266. The summed E-state index contributed by atoms with van der Waals surface area (Å²) in [5.74, 6) is 0.481. The van der Waals surface area contributed by atoms with E-state index in [4.69, 9.17) is 21.6 Å². The molecule has 1 atom stereocenters. The zero-order valence-electron chi connectivity index (χ0n) is 17.9.